The van der Waals surface area contributed by atoms with Gasteiger partial charge in [-0.3, -0.25) is 0 Å². The minimum absolute atomic E-state index is 0.0793. The second kappa shape index (κ2) is 6.00. The van der Waals surface area contributed by atoms with E-state index in [0.717, 1.165) is 19.4 Å². The average Bonchev–Trinajstić information content (AvgIpc) is 3.10. The summed E-state index contributed by atoms with van der Waals surface area (Å²) in [6, 6.07) is 6.21. The van der Waals surface area contributed by atoms with Crippen LogP contribution in [0, 0.1) is 5.82 Å². The van der Waals surface area contributed by atoms with E-state index in [1.165, 1.54) is 6.07 Å². The zero-order chi connectivity index (χ0) is 13.8. The van der Waals surface area contributed by atoms with Gasteiger partial charge in [-0.1, -0.05) is 17.3 Å². The van der Waals surface area contributed by atoms with Crippen molar-refractivity contribution < 1.29 is 18.4 Å². The first-order valence-corrected chi connectivity index (χ1v) is 6.61. The molecule has 0 unspecified atom stereocenters. The Morgan fingerprint density at radius 2 is 2.25 bits per heavy atom. The molecule has 106 valence electrons. The van der Waals surface area contributed by atoms with Crippen molar-refractivity contribution in [1.29, 1.82) is 0 Å². The van der Waals surface area contributed by atoms with Gasteiger partial charge < -0.3 is 14.0 Å². The molecule has 1 aromatic carbocycles. The molecule has 5 nitrogen and oxygen atoms in total. The number of hydrogen-bond donors (Lipinski definition) is 0. The molecular weight excluding hydrogens is 263 g/mol. The van der Waals surface area contributed by atoms with Gasteiger partial charge in [0, 0.05) is 6.61 Å². The maximum atomic E-state index is 13.4. The molecule has 0 radical (unpaired) electrons. The van der Waals surface area contributed by atoms with Crippen molar-refractivity contribution in [3.8, 4) is 5.75 Å². The Bertz CT molecular complexity index is 567. The number of aromatic nitrogens is 2. The average molecular weight is 278 g/mol. The Balaban J connectivity index is 1.56. The van der Waals surface area contributed by atoms with Gasteiger partial charge in [-0.2, -0.15) is 4.98 Å². The fourth-order valence-corrected chi connectivity index (χ4v) is 2.14. The van der Waals surface area contributed by atoms with Crippen molar-refractivity contribution in [3.05, 3.63) is 41.8 Å². The van der Waals surface area contributed by atoms with E-state index in [4.69, 9.17) is 14.0 Å². The number of benzene rings is 1. The first-order chi connectivity index (χ1) is 9.81. The molecule has 1 fully saturated rings. The lowest BCUT2D eigenvalue weighted by Crippen LogP contribution is -2.09. The quantitative estimate of drug-likeness (QED) is 0.841. The molecular formula is C14H15FN2O3. The molecule has 0 N–H and O–H groups in total. The molecule has 1 atom stereocenters. The summed E-state index contributed by atoms with van der Waals surface area (Å²) in [5, 5.41) is 3.81. The third-order valence-electron chi connectivity index (χ3n) is 3.13. The summed E-state index contributed by atoms with van der Waals surface area (Å²) in [6.07, 6.45) is 2.87. The van der Waals surface area contributed by atoms with E-state index in [0.29, 0.717) is 18.1 Å². The van der Waals surface area contributed by atoms with Crippen LogP contribution in [0.5, 0.6) is 5.75 Å². The van der Waals surface area contributed by atoms with Gasteiger partial charge in [0.15, 0.2) is 18.2 Å². The lowest BCUT2D eigenvalue weighted by molar-refractivity contribution is 0.104. The standard InChI is InChI=1S/C14H15FN2O3/c15-11-5-1-2-6-12(11)19-9-13-16-14(20-17-13)8-10-4-3-7-18-10/h1-2,5-6,10H,3-4,7-9H2/t10-/m1/s1. The van der Waals surface area contributed by atoms with E-state index >= 15 is 0 Å². The van der Waals surface area contributed by atoms with E-state index in [1.54, 1.807) is 18.2 Å². The minimum Gasteiger partial charge on any atom is -0.482 e. The molecule has 0 amide bonds. The molecule has 0 spiro atoms. The predicted molar refractivity (Wildman–Crippen MR) is 67.7 cm³/mol. The van der Waals surface area contributed by atoms with Crippen LogP contribution in [0.3, 0.4) is 0 Å². The highest BCUT2D eigenvalue weighted by atomic mass is 19.1. The van der Waals surface area contributed by atoms with Crippen LogP contribution >= 0.6 is 0 Å². The summed E-state index contributed by atoms with van der Waals surface area (Å²) in [5.74, 6) is 0.707. The first-order valence-electron chi connectivity index (χ1n) is 6.61. The van der Waals surface area contributed by atoms with E-state index in [-0.39, 0.29) is 18.5 Å². The van der Waals surface area contributed by atoms with Crippen LogP contribution in [0.4, 0.5) is 4.39 Å². The second-order valence-corrected chi connectivity index (χ2v) is 4.66. The van der Waals surface area contributed by atoms with Gasteiger partial charge in [0.2, 0.25) is 11.7 Å². The zero-order valence-electron chi connectivity index (χ0n) is 10.9. The summed E-state index contributed by atoms with van der Waals surface area (Å²) in [7, 11) is 0. The second-order valence-electron chi connectivity index (χ2n) is 4.66. The fraction of sp³-hybridized carbons (Fsp3) is 0.429. The summed E-state index contributed by atoms with van der Waals surface area (Å²) < 4.78 is 29.3. The molecule has 0 saturated carbocycles. The molecule has 0 aliphatic carbocycles. The van der Waals surface area contributed by atoms with Crippen LogP contribution in [-0.4, -0.2) is 22.9 Å². The summed E-state index contributed by atoms with van der Waals surface area (Å²) >= 11 is 0. The highest BCUT2D eigenvalue weighted by molar-refractivity contribution is 5.23. The fourth-order valence-electron chi connectivity index (χ4n) is 2.14. The Morgan fingerprint density at radius 1 is 1.35 bits per heavy atom. The number of halogens is 1. The molecule has 2 heterocycles. The topological polar surface area (TPSA) is 57.4 Å². The Morgan fingerprint density at radius 3 is 3.05 bits per heavy atom. The maximum absolute atomic E-state index is 13.4. The van der Waals surface area contributed by atoms with Crippen LogP contribution < -0.4 is 4.74 Å². The van der Waals surface area contributed by atoms with E-state index < -0.39 is 5.82 Å². The predicted octanol–water partition coefficient (Wildman–Crippen LogP) is 2.51. The van der Waals surface area contributed by atoms with Gasteiger partial charge in [-0.25, -0.2) is 4.39 Å². The highest BCUT2D eigenvalue weighted by Crippen LogP contribution is 2.18. The van der Waals surface area contributed by atoms with Gasteiger partial charge >= 0.3 is 0 Å². The normalized spacial score (nSPS) is 18.4. The SMILES string of the molecule is Fc1ccccc1OCc1noc(C[C@H]2CCCO2)n1. The van der Waals surface area contributed by atoms with Crippen molar-refractivity contribution >= 4 is 0 Å². The lowest BCUT2D eigenvalue weighted by atomic mass is 10.2. The zero-order valence-corrected chi connectivity index (χ0v) is 10.9. The van der Waals surface area contributed by atoms with E-state index in [1.807, 2.05) is 0 Å². The van der Waals surface area contributed by atoms with E-state index in [2.05, 4.69) is 10.1 Å². The third-order valence-corrected chi connectivity index (χ3v) is 3.13. The molecule has 0 bridgehead atoms. The highest BCUT2D eigenvalue weighted by Gasteiger charge is 2.19. The van der Waals surface area contributed by atoms with Crippen molar-refractivity contribution in [2.24, 2.45) is 0 Å². The number of rotatable bonds is 5. The Kier molecular flexibility index (Phi) is 3.92. The third kappa shape index (κ3) is 3.14. The van der Waals surface area contributed by atoms with Crippen molar-refractivity contribution in [3.63, 3.8) is 0 Å². The van der Waals surface area contributed by atoms with Gasteiger partial charge in [0.25, 0.3) is 0 Å². The van der Waals surface area contributed by atoms with Crippen LogP contribution in [0.1, 0.15) is 24.6 Å². The molecule has 2 aromatic rings. The number of para-hydroxylation sites is 1. The monoisotopic (exact) mass is 278 g/mol. The van der Waals surface area contributed by atoms with Gasteiger partial charge in [0.1, 0.15) is 0 Å². The van der Waals surface area contributed by atoms with Crippen molar-refractivity contribution in [1.82, 2.24) is 10.1 Å². The lowest BCUT2D eigenvalue weighted by Gasteiger charge is -2.04. The molecule has 20 heavy (non-hydrogen) atoms. The number of ether oxygens (including phenoxy) is 2. The van der Waals surface area contributed by atoms with Gasteiger partial charge in [-0.15, -0.1) is 0 Å². The molecule has 6 heteroatoms. The molecule has 1 aliphatic heterocycles. The first kappa shape index (κ1) is 13.1. The van der Waals surface area contributed by atoms with Crippen molar-refractivity contribution in [2.45, 2.75) is 32.0 Å². The van der Waals surface area contributed by atoms with Crippen LogP contribution in [0.2, 0.25) is 0 Å². The number of nitrogens with zero attached hydrogens (tertiary/aromatic N) is 2. The summed E-state index contributed by atoms with van der Waals surface area (Å²) in [5.41, 5.74) is 0. The van der Waals surface area contributed by atoms with Gasteiger partial charge in [-0.05, 0) is 25.0 Å². The van der Waals surface area contributed by atoms with Gasteiger partial charge in [0.05, 0.1) is 12.5 Å². The Hall–Kier alpha value is -1.95. The van der Waals surface area contributed by atoms with Crippen LogP contribution in [0.15, 0.2) is 28.8 Å². The summed E-state index contributed by atoms with van der Waals surface area (Å²) in [6.45, 7) is 0.873. The van der Waals surface area contributed by atoms with Crippen molar-refractivity contribution in [2.75, 3.05) is 6.61 Å². The van der Waals surface area contributed by atoms with E-state index in [9.17, 15) is 4.39 Å². The molecule has 1 aliphatic rings. The molecule has 3 rings (SSSR count). The molecule has 1 aromatic heterocycles. The maximum Gasteiger partial charge on any atom is 0.229 e. The summed E-state index contributed by atoms with van der Waals surface area (Å²) in [4.78, 5) is 4.21. The van der Waals surface area contributed by atoms with Crippen LogP contribution in [0.25, 0.3) is 0 Å². The number of hydrogen-bond acceptors (Lipinski definition) is 5. The largest absolute Gasteiger partial charge is 0.482 e. The van der Waals surface area contributed by atoms with Crippen LogP contribution in [-0.2, 0) is 17.8 Å². The minimum atomic E-state index is -0.407. The smallest absolute Gasteiger partial charge is 0.229 e. The molecule has 1 saturated heterocycles. The Labute approximate surface area is 115 Å².